The summed E-state index contributed by atoms with van der Waals surface area (Å²) in [6, 6.07) is 12.2. The maximum absolute atomic E-state index is 13.2. The number of aromatic amines is 1. The molecule has 0 aliphatic carbocycles. The number of rotatable bonds is 5. The van der Waals surface area contributed by atoms with Crippen molar-refractivity contribution in [3.63, 3.8) is 0 Å². The minimum atomic E-state index is -0.284. The molecule has 0 bridgehead atoms. The molecule has 7 heteroatoms. The molecule has 0 fully saturated rings. The minimum absolute atomic E-state index is 0.232. The van der Waals surface area contributed by atoms with Crippen molar-refractivity contribution in [3.05, 3.63) is 70.6 Å². The van der Waals surface area contributed by atoms with Gasteiger partial charge < -0.3 is 10.7 Å². The molecule has 0 atom stereocenters. The summed E-state index contributed by atoms with van der Waals surface area (Å²) in [6.45, 7) is 0.544. The van der Waals surface area contributed by atoms with Crippen LogP contribution < -0.4 is 11.2 Å². The van der Waals surface area contributed by atoms with E-state index in [0.29, 0.717) is 17.1 Å². The third-order valence-electron chi connectivity index (χ3n) is 3.65. The molecule has 0 amide bonds. The highest BCUT2D eigenvalue weighted by Gasteiger charge is 2.02. The zero-order valence-electron chi connectivity index (χ0n) is 13.3. The molecule has 3 rings (SSSR count). The Balaban J connectivity index is 1.54. The first kappa shape index (κ1) is 17.0. The van der Waals surface area contributed by atoms with Crippen molar-refractivity contribution in [3.8, 4) is 0 Å². The van der Waals surface area contributed by atoms with Gasteiger partial charge in [0.15, 0.2) is 0 Å². The zero-order chi connectivity index (χ0) is 17.6. The Labute approximate surface area is 149 Å². The van der Waals surface area contributed by atoms with Gasteiger partial charge in [-0.25, -0.2) is 9.82 Å². The molecule has 0 aliphatic rings. The lowest BCUT2D eigenvalue weighted by Crippen LogP contribution is -2.27. The molecule has 2 aromatic carbocycles. The third kappa shape index (κ3) is 4.58. The van der Waals surface area contributed by atoms with Gasteiger partial charge in [0.1, 0.15) is 5.82 Å². The second kappa shape index (κ2) is 7.81. The molecule has 0 saturated heterocycles. The molecule has 25 heavy (non-hydrogen) atoms. The molecule has 128 valence electrons. The summed E-state index contributed by atoms with van der Waals surface area (Å²) in [4.78, 5) is 7.21. The molecule has 0 unspecified atom stereocenters. The maximum Gasteiger partial charge on any atom is 0.209 e. The summed E-state index contributed by atoms with van der Waals surface area (Å²) in [5, 5.41) is 5.65. The van der Waals surface area contributed by atoms with Crippen molar-refractivity contribution < 1.29 is 4.39 Å². The normalized spacial score (nSPS) is 12.2. The van der Waals surface area contributed by atoms with E-state index in [1.165, 1.54) is 12.1 Å². The number of halogens is 2. The number of benzene rings is 2. The van der Waals surface area contributed by atoms with E-state index in [0.717, 1.165) is 22.9 Å². The van der Waals surface area contributed by atoms with Crippen LogP contribution in [0.2, 0.25) is 5.02 Å². The van der Waals surface area contributed by atoms with Crippen LogP contribution in [0.5, 0.6) is 0 Å². The van der Waals surface area contributed by atoms with Gasteiger partial charge in [-0.15, -0.1) is 0 Å². The van der Waals surface area contributed by atoms with Gasteiger partial charge in [-0.3, -0.25) is 4.99 Å². The fraction of sp³-hybridized carbons (Fsp3) is 0.111. The van der Waals surface area contributed by atoms with Crippen molar-refractivity contribution >= 4 is 34.7 Å². The number of nitrogens with one attached hydrogen (secondary N) is 2. The molecule has 0 aliphatic heterocycles. The number of nitrogens with two attached hydrogens (primary N) is 1. The molecule has 0 radical (unpaired) electrons. The van der Waals surface area contributed by atoms with E-state index in [4.69, 9.17) is 17.3 Å². The number of hydrogen-bond donors (Lipinski definition) is 3. The summed E-state index contributed by atoms with van der Waals surface area (Å²) in [5.74, 6) is -0.0517. The average Bonchev–Trinajstić information content (AvgIpc) is 2.99. The van der Waals surface area contributed by atoms with Gasteiger partial charge in [-0.2, -0.15) is 5.10 Å². The Bertz CT molecular complexity index is 915. The standard InChI is InChI=1S/C18H17ClFN5/c19-14-3-1-12(2-4-14)7-8-22-18(21)25-24-11-13-10-23-17-9-15(20)5-6-16(13)17/h1-6,9-11,23H,7-8H2,(H3,21,22,25)/b24-11+. The Kier molecular flexibility index (Phi) is 5.30. The number of hydrogen-bond acceptors (Lipinski definition) is 2. The molecule has 1 heterocycles. The summed E-state index contributed by atoms with van der Waals surface area (Å²) in [7, 11) is 0. The van der Waals surface area contributed by atoms with Gasteiger partial charge in [-0.1, -0.05) is 23.7 Å². The fourth-order valence-corrected chi connectivity index (χ4v) is 2.51. The highest BCUT2D eigenvalue weighted by Crippen LogP contribution is 2.17. The van der Waals surface area contributed by atoms with Crippen LogP contribution in [-0.2, 0) is 6.42 Å². The Morgan fingerprint density at radius 1 is 1.24 bits per heavy atom. The molecule has 5 nitrogen and oxygen atoms in total. The predicted octanol–water partition coefficient (Wildman–Crippen LogP) is 3.44. The minimum Gasteiger partial charge on any atom is -0.369 e. The van der Waals surface area contributed by atoms with Crippen molar-refractivity contribution in [1.82, 2.24) is 10.4 Å². The van der Waals surface area contributed by atoms with Crippen LogP contribution in [-0.4, -0.2) is 23.7 Å². The summed E-state index contributed by atoms with van der Waals surface area (Å²) in [5.41, 5.74) is 11.1. The van der Waals surface area contributed by atoms with Crippen LogP contribution in [0.3, 0.4) is 0 Å². The molecular formula is C18H17ClFN5. The molecule has 3 aromatic rings. The lowest BCUT2D eigenvalue weighted by Gasteiger charge is -2.01. The number of aliphatic imine (C=N–C) groups is 1. The van der Waals surface area contributed by atoms with Gasteiger partial charge in [0.2, 0.25) is 5.96 Å². The van der Waals surface area contributed by atoms with Gasteiger partial charge in [0.25, 0.3) is 0 Å². The van der Waals surface area contributed by atoms with Crippen molar-refractivity contribution in [2.24, 2.45) is 15.8 Å². The first-order chi connectivity index (χ1) is 12.1. The average molecular weight is 358 g/mol. The fourth-order valence-electron chi connectivity index (χ4n) is 2.39. The van der Waals surface area contributed by atoms with Gasteiger partial charge >= 0.3 is 0 Å². The van der Waals surface area contributed by atoms with E-state index in [1.54, 1.807) is 18.5 Å². The predicted molar refractivity (Wildman–Crippen MR) is 101 cm³/mol. The molecule has 4 N–H and O–H groups in total. The SMILES string of the molecule is NC(=NCCc1ccc(Cl)cc1)N/N=C/c1c[nH]c2cc(F)ccc12. The van der Waals surface area contributed by atoms with Crippen LogP contribution >= 0.6 is 11.6 Å². The zero-order valence-corrected chi connectivity index (χ0v) is 14.1. The Morgan fingerprint density at radius 2 is 2.04 bits per heavy atom. The Hall–Kier alpha value is -2.86. The third-order valence-corrected chi connectivity index (χ3v) is 3.91. The van der Waals surface area contributed by atoms with E-state index in [-0.39, 0.29) is 11.8 Å². The molecule has 0 spiro atoms. The van der Waals surface area contributed by atoms with Crippen LogP contribution in [0.1, 0.15) is 11.1 Å². The number of nitrogens with zero attached hydrogens (tertiary/aromatic N) is 2. The first-order valence-electron chi connectivity index (χ1n) is 7.72. The van der Waals surface area contributed by atoms with E-state index in [9.17, 15) is 4.39 Å². The van der Waals surface area contributed by atoms with Gasteiger partial charge in [0, 0.05) is 34.2 Å². The highest BCUT2D eigenvalue weighted by atomic mass is 35.5. The topological polar surface area (TPSA) is 78.6 Å². The summed E-state index contributed by atoms with van der Waals surface area (Å²) in [6.07, 6.45) is 4.12. The van der Waals surface area contributed by atoms with Crippen LogP contribution in [0.4, 0.5) is 4.39 Å². The second-order valence-corrected chi connectivity index (χ2v) is 5.88. The number of H-pyrrole nitrogens is 1. The van der Waals surface area contributed by atoms with Crippen LogP contribution in [0, 0.1) is 5.82 Å². The van der Waals surface area contributed by atoms with E-state index in [1.807, 2.05) is 24.3 Å². The summed E-state index contributed by atoms with van der Waals surface area (Å²) >= 11 is 5.85. The molecular weight excluding hydrogens is 341 g/mol. The lowest BCUT2D eigenvalue weighted by molar-refractivity contribution is 0.629. The van der Waals surface area contributed by atoms with E-state index < -0.39 is 0 Å². The highest BCUT2D eigenvalue weighted by molar-refractivity contribution is 6.30. The van der Waals surface area contributed by atoms with Gasteiger partial charge in [0.05, 0.1) is 6.21 Å². The molecule has 0 saturated carbocycles. The van der Waals surface area contributed by atoms with E-state index in [2.05, 4.69) is 20.5 Å². The van der Waals surface area contributed by atoms with Crippen molar-refractivity contribution in [1.29, 1.82) is 0 Å². The number of guanidine groups is 1. The largest absolute Gasteiger partial charge is 0.369 e. The monoisotopic (exact) mass is 357 g/mol. The molecule has 1 aromatic heterocycles. The Morgan fingerprint density at radius 3 is 2.84 bits per heavy atom. The maximum atomic E-state index is 13.2. The number of fused-ring (bicyclic) bond motifs is 1. The number of hydrazone groups is 1. The summed E-state index contributed by atoms with van der Waals surface area (Å²) < 4.78 is 13.2. The first-order valence-corrected chi connectivity index (χ1v) is 8.10. The van der Waals surface area contributed by atoms with E-state index >= 15 is 0 Å². The smallest absolute Gasteiger partial charge is 0.209 e. The van der Waals surface area contributed by atoms with Crippen molar-refractivity contribution in [2.75, 3.05) is 6.54 Å². The number of aromatic nitrogens is 1. The second-order valence-electron chi connectivity index (χ2n) is 5.45. The quantitative estimate of drug-likeness (QED) is 0.371. The van der Waals surface area contributed by atoms with Crippen molar-refractivity contribution in [2.45, 2.75) is 6.42 Å². The lowest BCUT2D eigenvalue weighted by atomic mass is 10.1. The van der Waals surface area contributed by atoms with Gasteiger partial charge in [-0.05, 0) is 42.3 Å². The van der Waals surface area contributed by atoms with Crippen LogP contribution in [0.15, 0.2) is 58.8 Å². The van der Waals surface area contributed by atoms with Crippen LogP contribution in [0.25, 0.3) is 10.9 Å².